The largest absolute Gasteiger partial charge is 0.0984 e. The summed E-state index contributed by atoms with van der Waals surface area (Å²) < 4.78 is 0. The van der Waals surface area contributed by atoms with Crippen molar-refractivity contribution in [2.24, 2.45) is 0 Å². The van der Waals surface area contributed by atoms with Crippen LogP contribution in [0.15, 0.2) is 66.3 Å². The van der Waals surface area contributed by atoms with Gasteiger partial charge in [0.1, 0.15) is 0 Å². The molecular weight excluding hydrogens is 312 g/mol. The molecule has 0 radical (unpaired) electrons. The Balaban J connectivity index is 2.29. The molecule has 0 heteroatoms. The van der Waals surface area contributed by atoms with E-state index in [9.17, 15) is 0 Å². The van der Waals surface area contributed by atoms with E-state index in [-0.39, 0.29) is 0 Å². The van der Waals surface area contributed by atoms with Crippen LogP contribution in [0, 0.1) is 0 Å². The third-order valence-electron chi connectivity index (χ3n) is 5.31. The Hall–Kier alpha value is -2.60. The van der Waals surface area contributed by atoms with Crippen molar-refractivity contribution in [3.63, 3.8) is 0 Å². The summed E-state index contributed by atoms with van der Waals surface area (Å²) >= 11 is 0. The molecule has 1 aliphatic rings. The van der Waals surface area contributed by atoms with E-state index < -0.39 is 0 Å². The Morgan fingerprint density at radius 3 is 2.46 bits per heavy atom. The van der Waals surface area contributed by atoms with Crippen molar-refractivity contribution >= 4 is 29.5 Å². The molecule has 0 aromatic heterocycles. The summed E-state index contributed by atoms with van der Waals surface area (Å²) in [5.74, 6) is 0. The molecule has 0 fully saturated rings. The molecule has 26 heavy (non-hydrogen) atoms. The van der Waals surface area contributed by atoms with Gasteiger partial charge in [0.2, 0.25) is 0 Å². The number of hydrogen-bond acceptors (Lipinski definition) is 0. The van der Waals surface area contributed by atoms with Gasteiger partial charge in [-0.1, -0.05) is 81.1 Å². The molecule has 0 aliphatic heterocycles. The maximum Gasteiger partial charge on any atom is -0.00992 e. The Bertz CT molecular complexity index is 1040. The van der Waals surface area contributed by atoms with Gasteiger partial charge in [0.05, 0.1) is 0 Å². The van der Waals surface area contributed by atoms with Crippen LogP contribution in [-0.2, 0) is 6.42 Å². The van der Waals surface area contributed by atoms with Gasteiger partial charge in [0, 0.05) is 0 Å². The first kappa shape index (κ1) is 18.2. The zero-order valence-electron chi connectivity index (χ0n) is 16.1. The van der Waals surface area contributed by atoms with Crippen LogP contribution in [0.3, 0.4) is 0 Å². The molecule has 1 aliphatic carbocycles. The molecule has 0 unspecified atom stereocenters. The van der Waals surface area contributed by atoms with Crippen molar-refractivity contribution < 1.29 is 0 Å². The van der Waals surface area contributed by atoms with Crippen LogP contribution in [0.2, 0.25) is 0 Å². The van der Waals surface area contributed by atoms with Gasteiger partial charge in [-0.2, -0.15) is 0 Å². The zero-order valence-corrected chi connectivity index (χ0v) is 16.1. The summed E-state index contributed by atoms with van der Waals surface area (Å²) in [6.45, 7) is 17.3. The van der Waals surface area contributed by atoms with Crippen molar-refractivity contribution in [3.05, 3.63) is 87.9 Å². The highest BCUT2D eigenvalue weighted by molar-refractivity contribution is 5.93. The van der Waals surface area contributed by atoms with Crippen LogP contribution in [0.1, 0.15) is 44.2 Å². The van der Waals surface area contributed by atoms with Gasteiger partial charge in [-0.3, -0.25) is 0 Å². The highest BCUT2D eigenvalue weighted by atomic mass is 14.1. The van der Waals surface area contributed by atoms with Crippen LogP contribution >= 0.6 is 0 Å². The molecule has 0 spiro atoms. The van der Waals surface area contributed by atoms with Gasteiger partial charge >= 0.3 is 0 Å². The van der Waals surface area contributed by atoms with Crippen LogP contribution in [-0.4, -0.2) is 0 Å². The first-order valence-corrected chi connectivity index (χ1v) is 9.49. The molecule has 0 heterocycles. The maximum absolute atomic E-state index is 4.46. The van der Waals surface area contributed by atoms with Gasteiger partial charge in [-0.05, 0) is 75.7 Å². The van der Waals surface area contributed by atoms with E-state index >= 15 is 0 Å². The average Bonchev–Trinajstić information content (AvgIpc) is 2.66. The second kappa shape index (κ2) is 7.74. The van der Waals surface area contributed by atoms with Crippen LogP contribution in [0.5, 0.6) is 0 Å². The number of rotatable bonds is 5. The minimum Gasteiger partial charge on any atom is -0.0984 e. The minimum absolute atomic E-state index is 1.02. The molecule has 3 rings (SSSR count). The predicted molar refractivity (Wildman–Crippen MR) is 117 cm³/mol. The lowest BCUT2D eigenvalue weighted by molar-refractivity contribution is 0.913. The normalized spacial score (nSPS) is 14.9. The molecule has 0 saturated heterocycles. The lowest BCUT2D eigenvalue weighted by atomic mass is 9.90. The summed E-state index contributed by atoms with van der Waals surface area (Å²) in [6.07, 6.45) is 12.9. The second-order valence-electron chi connectivity index (χ2n) is 7.16. The van der Waals surface area contributed by atoms with Crippen molar-refractivity contribution in [1.29, 1.82) is 0 Å². The van der Waals surface area contributed by atoms with E-state index in [1.807, 2.05) is 6.08 Å². The Labute approximate surface area is 157 Å². The van der Waals surface area contributed by atoms with E-state index in [1.54, 1.807) is 0 Å². The summed E-state index contributed by atoms with van der Waals surface area (Å²) in [4.78, 5) is 0. The molecule has 2 aromatic rings. The standard InChI is InChI=1S/C26H28/c1-6-10-23-20(5)26(17-19(4)21-15-13-18(3)14-16-21)25-12-9-8-11-24(25)22(23)7-2/h7-9,11-13,15,17H,2,4-6,10,14,16H2,1,3H3/b26-17+. The summed E-state index contributed by atoms with van der Waals surface area (Å²) in [5, 5.41) is 4.80. The lowest BCUT2D eigenvalue weighted by Crippen LogP contribution is -2.30. The first-order chi connectivity index (χ1) is 12.6. The topological polar surface area (TPSA) is 0 Å². The van der Waals surface area contributed by atoms with Crippen molar-refractivity contribution in [2.45, 2.75) is 39.5 Å². The summed E-state index contributed by atoms with van der Waals surface area (Å²) in [6, 6.07) is 8.58. The highest BCUT2D eigenvalue weighted by Crippen LogP contribution is 2.24. The van der Waals surface area contributed by atoms with Crippen LogP contribution in [0.25, 0.3) is 29.5 Å². The Kier molecular flexibility index (Phi) is 5.42. The van der Waals surface area contributed by atoms with Crippen molar-refractivity contribution in [2.75, 3.05) is 0 Å². The monoisotopic (exact) mass is 340 g/mol. The van der Waals surface area contributed by atoms with Gasteiger partial charge < -0.3 is 0 Å². The fraction of sp³-hybridized carbons (Fsp3) is 0.231. The number of hydrogen-bond donors (Lipinski definition) is 0. The molecule has 0 atom stereocenters. The molecule has 0 bridgehead atoms. The summed E-state index contributed by atoms with van der Waals surface area (Å²) in [5.41, 5.74) is 6.39. The maximum atomic E-state index is 4.46. The van der Waals surface area contributed by atoms with Gasteiger partial charge in [0.15, 0.2) is 0 Å². The molecule has 0 nitrogen and oxygen atoms in total. The van der Waals surface area contributed by atoms with E-state index in [2.05, 4.69) is 76.1 Å². The fourth-order valence-electron chi connectivity index (χ4n) is 3.81. The van der Waals surface area contributed by atoms with E-state index in [4.69, 9.17) is 0 Å². The van der Waals surface area contributed by atoms with E-state index in [1.165, 1.54) is 38.3 Å². The van der Waals surface area contributed by atoms with Gasteiger partial charge in [-0.15, -0.1) is 0 Å². The molecular formula is C26H28. The highest BCUT2D eigenvalue weighted by Gasteiger charge is 2.10. The van der Waals surface area contributed by atoms with E-state index in [0.29, 0.717) is 0 Å². The molecule has 2 aromatic carbocycles. The second-order valence-corrected chi connectivity index (χ2v) is 7.16. The third-order valence-corrected chi connectivity index (χ3v) is 5.31. The molecule has 0 amide bonds. The Morgan fingerprint density at radius 2 is 1.85 bits per heavy atom. The molecule has 0 saturated carbocycles. The fourth-order valence-corrected chi connectivity index (χ4v) is 3.81. The molecule has 132 valence electrons. The van der Waals surface area contributed by atoms with Crippen molar-refractivity contribution in [3.8, 4) is 0 Å². The van der Waals surface area contributed by atoms with Gasteiger partial charge in [-0.25, -0.2) is 0 Å². The summed E-state index contributed by atoms with van der Waals surface area (Å²) in [7, 11) is 0. The predicted octanol–water partition coefficient (Wildman–Crippen LogP) is 5.85. The quantitative estimate of drug-likeness (QED) is 0.640. The van der Waals surface area contributed by atoms with Crippen LogP contribution in [0.4, 0.5) is 0 Å². The zero-order chi connectivity index (χ0) is 18.7. The minimum atomic E-state index is 1.02. The molecule has 0 N–H and O–H groups in total. The number of benzene rings is 2. The first-order valence-electron chi connectivity index (χ1n) is 9.49. The lowest BCUT2D eigenvalue weighted by Gasteiger charge is -2.14. The average molecular weight is 341 g/mol. The van der Waals surface area contributed by atoms with Crippen LogP contribution < -0.4 is 10.4 Å². The Morgan fingerprint density at radius 1 is 1.12 bits per heavy atom. The van der Waals surface area contributed by atoms with Gasteiger partial charge in [0.25, 0.3) is 0 Å². The van der Waals surface area contributed by atoms with Crippen molar-refractivity contribution in [1.82, 2.24) is 0 Å². The smallest absolute Gasteiger partial charge is 0.00992 e. The number of fused-ring (bicyclic) bond motifs is 1. The SMILES string of the molecule is C=Cc1c(CCC)c(=C)/c(=C\C(=C)C2=CC=C(C)CC2)c2ccccc12. The van der Waals surface area contributed by atoms with E-state index in [0.717, 1.165) is 36.5 Å². The number of allylic oxidation sites excluding steroid dienone is 5. The third kappa shape index (κ3) is 3.37.